The molecule has 1 heterocycles. The molecule has 3 nitrogen and oxygen atoms in total. The van der Waals surface area contributed by atoms with Gasteiger partial charge in [0.2, 0.25) is 0 Å². The van der Waals surface area contributed by atoms with Gasteiger partial charge in [0.25, 0.3) is 0 Å². The Kier molecular flexibility index (Phi) is 2.65. The van der Waals surface area contributed by atoms with Crippen LogP contribution in [0.2, 0.25) is 0 Å². The molecule has 1 aliphatic rings. The van der Waals surface area contributed by atoms with E-state index in [1.165, 1.54) is 0 Å². The zero-order valence-electron chi connectivity index (χ0n) is 6.95. The Bertz CT molecular complexity index is 174. The summed E-state index contributed by atoms with van der Waals surface area (Å²) in [5.41, 5.74) is 5.66. The van der Waals surface area contributed by atoms with Crippen LogP contribution in [0.5, 0.6) is 0 Å². The Labute approximate surface area is 67.6 Å². The van der Waals surface area contributed by atoms with E-state index in [2.05, 4.69) is 23.4 Å². The van der Waals surface area contributed by atoms with Crippen molar-refractivity contribution in [1.29, 1.82) is 0 Å². The summed E-state index contributed by atoms with van der Waals surface area (Å²) in [4.78, 5) is 6.44. The maximum atomic E-state index is 5.66. The fourth-order valence-electron chi connectivity index (χ4n) is 1.30. The maximum absolute atomic E-state index is 5.66. The second-order valence-corrected chi connectivity index (χ2v) is 2.66. The molecular formula is C8H15N3. The van der Waals surface area contributed by atoms with Crippen molar-refractivity contribution in [3.05, 3.63) is 12.7 Å². The molecule has 0 aromatic carbocycles. The van der Waals surface area contributed by atoms with Crippen molar-refractivity contribution in [2.75, 3.05) is 13.1 Å². The quantitative estimate of drug-likeness (QED) is 0.603. The first-order chi connectivity index (χ1) is 5.27. The number of hydrogen-bond acceptors (Lipinski definition) is 3. The van der Waals surface area contributed by atoms with Crippen LogP contribution in [-0.4, -0.2) is 30.0 Å². The van der Waals surface area contributed by atoms with Gasteiger partial charge in [-0.3, -0.25) is 4.99 Å². The summed E-state index contributed by atoms with van der Waals surface area (Å²) < 4.78 is 0. The van der Waals surface area contributed by atoms with Crippen molar-refractivity contribution in [1.82, 2.24) is 4.90 Å². The average Bonchev–Trinajstić information content (AvgIpc) is 2.32. The van der Waals surface area contributed by atoms with Crippen LogP contribution in [0.1, 0.15) is 13.3 Å². The van der Waals surface area contributed by atoms with Gasteiger partial charge in [0, 0.05) is 13.0 Å². The maximum Gasteiger partial charge on any atom is 0.117 e. The summed E-state index contributed by atoms with van der Waals surface area (Å²) in [5.74, 6) is 1.11. The Balaban J connectivity index is 2.55. The van der Waals surface area contributed by atoms with Crippen molar-refractivity contribution in [3.8, 4) is 0 Å². The zero-order valence-corrected chi connectivity index (χ0v) is 6.95. The van der Waals surface area contributed by atoms with E-state index in [0.717, 1.165) is 25.3 Å². The minimum atomic E-state index is -0.0232. The summed E-state index contributed by atoms with van der Waals surface area (Å²) in [6, 6.07) is 0. The Morgan fingerprint density at radius 3 is 3.18 bits per heavy atom. The van der Waals surface area contributed by atoms with E-state index in [1.807, 2.05) is 6.08 Å². The molecule has 0 fully saturated rings. The highest BCUT2D eigenvalue weighted by Crippen LogP contribution is 2.07. The molecule has 0 amide bonds. The highest BCUT2D eigenvalue weighted by atomic mass is 15.3. The third-order valence-electron chi connectivity index (χ3n) is 1.75. The molecule has 0 radical (unpaired) electrons. The van der Waals surface area contributed by atoms with Crippen LogP contribution >= 0.6 is 0 Å². The predicted octanol–water partition coefficient (Wildman–Crippen LogP) is 0.581. The Hall–Kier alpha value is -0.830. The van der Waals surface area contributed by atoms with E-state index >= 15 is 0 Å². The largest absolute Gasteiger partial charge is 0.353 e. The van der Waals surface area contributed by atoms with Crippen molar-refractivity contribution in [2.45, 2.75) is 19.5 Å². The topological polar surface area (TPSA) is 41.6 Å². The van der Waals surface area contributed by atoms with Crippen molar-refractivity contribution in [2.24, 2.45) is 10.7 Å². The first kappa shape index (κ1) is 8.27. The number of nitrogens with two attached hydrogens (primary N) is 1. The van der Waals surface area contributed by atoms with Crippen LogP contribution in [0.15, 0.2) is 17.6 Å². The molecule has 0 aromatic rings. The van der Waals surface area contributed by atoms with Crippen LogP contribution in [0.4, 0.5) is 0 Å². The highest BCUT2D eigenvalue weighted by molar-refractivity contribution is 5.83. The number of nitrogens with zero attached hydrogens (tertiary/aromatic N) is 2. The summed E-state index contributed by atoms with van der Waals surface area (Å²) in [5, 5.41) is 0. The molecule has 1 rings (SSSR count). The van der Waals surface area contributed by atoms with Crippen LogP contribution in [-0.2, 0) is 0 Å². The van der Waals surface area contributed by atoms with Gasteiger partial charge in [-0.25, -0.2) is 0 Å². The van der Waals surface area contributed by atoms with Crippen molar-refractivity contribution < 1.29 is 0 Å². The van der Waals surface area contributed by atoms with Gasteiger partial charge in [-0.2, -0.15) is 0 Å². The monoisotopic (exact) mass is 153 g/mol. The molecule has 0 saturated heterocycles. The number of rotatable bonds is 3. The second kappa shape index (κ2) is 3.53. The van der Waals surface area contributed by atoms with Gasteiger partial charge >= 0.3 is 0 Å². The van der Waals surface area contributed by atoms with Crippen molar-refractivity contribution in [3.63, 3.8) is 0 Å². The first-order valence-electron chi connectivity index (χ1n) is 3.96. The fourth-order valence-corrected chi connectivity index (χ4v) is 1.30. The van der Waals surface area contributed by atoms with Gasteiger partial charge in [-0.05, 0) is 0 Å². The van der Waals surface area contributed by atoms with Crippen LogP contribution < -0.4 is 5.73 Å². The van der Waals surface area contributed by atoms with Gasteiger partial charge in [0.1, 0.15) is 12.0 Å². The van der Waals surface area contributed by atoms with Gasteiger partial charge in [0.15, 0.2) is 0 Å². The minimum absolute atomic E-state index is 0.0232. The Morgan fingerprint density at radius 2 is 2.64 bits per heavy atom. The van der Waals surface area contributed by atoms with Crippen LogP contribution in [0.25, 0.3) is 0 Å². The molecule has 0 aromatic heterocycles. The lowest BCUT2D eigenvalue weighted by Gasteiger charge is -2.16. The number of aliphatic imine (C=N–C) groups is 1. The lowest BCUT2D eigenvalue weighted by molar-refractivity contribution is 0.461. The second-order valence-electron chi connectivity index (χ2n) is 2.66. The normalized spacial score (nSPS) is 23.6. The fraction of sp³-hybridized carbons (Fsp3) is 0.625. The number of hydrogen-bond donors (Lipinski definition) is 1. The van der Waals surface area contributed by atoms with E-state index in [0.29, 0.717) is 0 Å². The first-order valence-corrected chi connectivity index (χ1v) is 3.96. The summed E-state index contributed by atoms with van der Waals surface area (Å²) in [6.07, 6.45) is 2.81. The molecule has 2 N–H and O–H groups in total. The third-order valence-corrected chi connectivity index (χ3v) is 1.75. The molecular weight excluding hydrogens is 138 g/mol. The summed E-state index contributed by atoms with van der Waals surface area (Å²) >= 11 is 0. The van der Waals surface area contributed by atoms with Gasteiger partial charge < -0.3 is 10.6 Å². The molecule has 1 aliphatic heterocycles. The molecule has 0 spiro atoms. The van der Waals surface area contributed by atoms with E-state index in [-0.39, 0.29) is 6.17 Å². The SMILES string of the molecule is C=CCN1CC(N)N=C1CC. The lowest BCUT2D eigenvalue weighted by Crippen LogP contribution is -2.31. The lowest BCUT2D eigenvalue weighted by atomic mass is 10.4. The van der Waals surface area contributed by atoms with E-state index in [4.69, 9.17) is 5.73 Å². The average molecular weight is 153 g/mol. The van der Waals surface area contributed by atoms with Gasteiger partial charge in [0.05, 0.1) is 6.54 Å². The highest BCUT2D eigenvalue weighted by Gasteiger charge is 2.18. The number of amidine groups is 1. The smallest absolute Gasteiger partial charge is 0.117 e. The molecule has 11 heavy (non-hydrogen) atoms. The standard InChI is InChI=1S/C8H15N3/c1-3-5-11-6-7(9)10-8(11)4-2/h3,7H,1,4-6,9H2,2H3. The summed E-state index contributed by atoms with van der Waals surface area (Å²) in [6.45, 7) is 7.47. The third kappa shape index (κ3) is 1.80. The molecule has 0 bridgehead atoms. The molecule has 0 aliphatic carbocycles. The van der Waals surface area contributed by atoms with Gasteiger partial charge in [-0.1, -0.05) is 13.0 Å². The summed E-state index contributed by atoms with van der Waals surface area (Å²) in [7, 11) is 0. The van der Waals surface area contributed by atoms with E-state index in [1.54, 1.807) is 0 Å². The molecule has 62 valence electrons. The van der Waals surface area contributed by atoms with Crippen molar-refractivity contribution >= 4 is 5.84 Å². The van der Waals surface area contributed by atoms with Crippen LogP contribution in [0, 0.1) is 0 Å². The Morgan fingerprint density at radius 1 is 1.91 bits per heavy atom. The molecule has 0 saturated carbocycles. The molecule has 3 heteroatoms. The zero-order chi connectivity index (χ0) is 8.27. The minimum Gasteiger partial charge on any atom is -0.353 e. The van der Waals surface area contributed by atoms with E-state index in [9.17, 15) is 0 Å². The van der Waals surface area contributed by atoms with E-state index < -0.39 is 0 Å². The van der Waals surface area contributed by atoms with Crippen LogP contribution in [0.3, 0.4) is 0 Å². The van der Waals surface area contributed by atoms with Gasteiger partial charge in [-0.15, -0.1) is 6.58 Å². The molecule has 1 atom stereocenters. The predicted molar refractivity (Wildman–Crippen MR) is 47.5 cm³/mol. The molecule has 1 unspecified atom stereocenters.